The monoisotopic (exact) mass is 290 g/mol. The van der Waals surface area contributed by atoms with Gasteiger partial charge in [-0.25, -0.2) is 0 Å². The first-order valence-electron chi connectivity index (χ1n) is 7.05. The average Bonchev–Trinajstić information content (AvgIpc) is 3.05. The van der Waals surface area contributed by atoms with Gasteiger partial charge in [-0.2, -0.15) is 0 Å². The molecular formula is C15H18N2O2S. The minimum atomic E-state index is -0.0445. The van der Waals surface area contributed by atoms with E-state index in [1.165, 1.54) is 11.3 Å². The number of rotatable bonds is 2. The molecule has 1 fully saturated rings. The molecule has 1 saturated heterocycles. The second kappa shape index (κ2) is 5.05. The number of aryl methyl sites for hydroxylation is 2. The van der Waals surface area contributed by atoms with Gasteiger partial charge in [0.1, 0.15) is 0 Å². The van der Waals surface area contributed by atoms with Crippen molar-refractivity contribution in [3.05, 3.63) is 33.1 Å². The van der Waals surface area contributed by atoms with Crippen LogP contribution in [0.4, 0.5) is 0 Å². The highest BCUT2D eigenvalue weighted by Gasteiger charge is 2.26. The van der Waals surface area contributed by atoms with Crippen LogP contribution in [0.5, 0.6) is 0 Å². The summed E-state index contributed by atoms with van der Waals surface area (Å²) < 4.78 is 2.58. The van der Waals surface area contributed by atoms with E-state index in [-0.39, 0.29) is 11.5 Å². The molecule has 4 nitrogen and oxygen atoms in total. The third-order valence-electron chi connectivity index (χ3n) is 3.94. The molecule has 3 heterocycles. The van der Waals surface area contributed by atoms with E-state index in [1.54, 1.807) is 4.57 Å². The summed E-state index contributed by atoms with van der Waals surface area (Å²) >= 11 is 1.54. The molecule has 106 valence electrons. The number of thiophene rings is 1. The van der Waals surface area contributed by atoms with E-state index in [9.17, 15) is 9.59 Å². The Morgan fingerprint density at radius 1 is 1.35 bits per heavy atom. The number of fused-ring (bicyclic) bond motifs is 1. The number of aromatic nitrogens is 1. The predicted octanol–water partition coefficient (Wildman–Crippen LogP) is 2.63. The summed E-state index contributed by atoms with van der Waals surface area (Å²) in [6, 6.07) is 1.94. The molecule has 1 amide bonds. The van der Waals surface area contributed by atoms with E-state index < -0.39 is 0 Å². The summed E-state index contributed by atoms with van der Waals surface area (Å²) in [6.07, 6.45) is 3.93. The molecule has 3 rings (SSSR count). The van der Waals surface area contributed by atoms with Crippen LogP contribution in [-0.4, -0.2) is 28.5 Å². The van der Waals surface area contributed by atoms with Crippen molar-refractivity contribution in [1.29, 1.82) is 0 Å². The fraction of sp³-hybridized carbons (Fsp3) is 0.467. The van der Waals surface area contributed by atoms with Crippen LogP contribution in [0.3, 0.4) is 0 Å². The van der Waals surface area contributed by atoms with Crippen molar-refractivity contribution in [3.63, 3.8) is 0 Å². The fourth-order valence-corrected chi connectivity index (χ4v) is 3.89. The van der Waals surface area contributed by atoms with E-state index in [2.05, 4.69) is 0 Å². The van der Waals surface area contributed by atoms with Gasteiger partial charge in [-0.1, -0.05) is 0 Å². The maximum Gasteiger partial charge on any atom is 0.260 e. The van der Waals surface area contributed by atoms with E-state index in [4.69, 9.17) is 0 Å². The maximum atomic E-state index is 12.7. The number of carbonyl (C=O) groups is 1. The third-order valence-corrected chi connectivity index (χ3v) is 5.01. The molecule has 0 aromatic carbocycles. The first-order chi connectivity index (χ1) is 9.63. The molecule has 0 spiro atoms. The molecule has 0 bridgehead atoms. The highest BCUT2D eigenvalue weighted by molar-refractivity contribution is 7.19. The Balaban J connectivity index is 2.21. The zero-order valence-corrected chi connectivity index (χ0v) is 12.6. The lowest BCUT2D eigenvalue weighted by molar-refractivity contribution is 0.0794. The Kier molecular flexibility index (Phi) is 3.38. The molecule has 1 aliphatic rings. The second-order valence-corrected chi connectivity index (χ2v) is 6.44. The van der Waals surface area contributed by atoms with Crippen molar-refractivity contribution in [2.45, 2.75) is 33.2 Å². The minimum Gasteiger partial charge on any atom is -0.339 e. The summed E-state index contributed by atoms with van der Waals surface area (Å²) in [7, 11) is 0. The fourth-order valence-electron chi connectivity index (χ4n) is 2.85. The van der Waals surface area contributed by atoms with Crippen molar-refractivity contribution in [1.82, 2.24) is 9.47 Å². The van der Waals surface area contributed by atoms with E-state index in [1.807, 2.05) is 31.0 Å². The lowest BCUT2D eigenvalue weighted by Crippen LogP contribution is -2.29. The van der Waals surface area contributed by atoms with Crippen LogP contribution >= 0.6 is 11.3 Å². The Hall–Kier alpha value is -1.62. The molecule has 0 saturated carbocycles. The summed E-state index contributed by atoms with van der Waals surface area (Å²) in [6.45, 7) is 6.12. The summed E-state index contributed by atoms with van der Waals surface area (Å²) in [5, 5.41) is 0.605. The number of likely N-dealkylation sites (tertiary alicyclic amines) is 1. The predicted molar refractivity (Wildman–Crippen MR) is 81.6 cm³/mol. The lowest BCUT2D eigenvalue weighted by Gasteiger charge is -2.15. The second-order valence-electron chi connectivity index (χ2n) is 5.18. The molecular weight excluding hydrogens is 272 g/mol. The smallest absolute Gasteiger partial charge is 0.260 e. The Labute approximate surface area is 121 Å². The Bertz CT molecular complexity index is 723. The molecule has 0 atom stereocenters. The van der Waals surface area contributed by atoms with Crippen LogP contribution in [0.25, 0.3) is 10.1 Å². The molecule has 0 radical (unpaired) electrons. The summed E-state index contributed by atoms with van der Waals surface area (Å²) in [5.41, 5.74) is 0.580. The van der Waals surface area contributed by atoms with E-state index in [0.717, 1.165) is 35.5 Å². The number of amides is 1. The minimum absolute atomic E-state index is 0.0252. The zero-order valence-electron chi connectivity index (χ0n) is 11.8. The van der Waals surface area contributed by atoms with Crippen LogP contribution in [0.15, 0.2) is 17.1 Å². The Morgan fingerprint density at radius 2 is 2.05 bits per heavy atom. The van der Waals surface area contributed by atoms with Gasteiger partial charge in [0, 0.05) is 35.4 Å². The van der Waals surface area contributed by atoms with Gasteiger partial charge in [0.05, 0.1) is 10.9 Å². The molecule has 1 aliphatic heterocycles. The topological polar surface area (TPSA) is 42.3 Å². The quantitative estimate of drug-likeness (QED) is 0.853. The highest BCUT2D eigenvalue weighted by Crippen LogP contribution is 2.30. The SMILES string of the molecule is CCn1ccc2sc(C)c(C(=O)N3CCCC3)c2c1=O. The van der Waals surface area contributed by atoms with Crippen molar-refractivity contribution in [2.75, 3.05) is 13.1 Å². The number of nitrogens with zero attached hydrogens (tertiary/aromatic N) is 2. The van der Waals surface area contributed by atoms with Gasteiger partial charge in [0.25, 0.3) is 11.5 Å². The van der Waals surface area contributed by atoms with Crippen molar-refractivity contribution in [2.24, 2.45) is 0 Å². The molecule has 2 aromatic rings. The number of hydrogen-bond acceptors (Lipinski definition) is 3. The average molecular weight is 290 g/mol. The molecule has 0 N–H and O–H groups in total. The van der Waals surface area contributed by atoms with Crippen LogP contribution in [-0.2, 0) is 6.54 Å². The largest absolute Gasteiger partial charge is 0.339 e. The maximum absolute atomic E-state index is 12.7. The number of carbonyl (C=O) groups excluding carboxylic acids is 1. The zero-order chi connectivity index (χ0) is 14.3. The van der Waals surface area contributed by atoms with Gasteiger partial charge in [0.2, 0.25) is 0 Å². The Morgan fingerprint density at radius 3 is 2.70 bits per heavy atom. The third kappa shape index (κ3) is 1.97. The molecule has 0 unspecified atom stereocenters. The van der Waals surface area contributed by atoms with Crippen molar-refractivity contribution >= 4 is 27.3 Å². The lowest BCUT2D eigenvalue weighted by atomic mass is 10.1. The van der Waals surface area contributed by atoms with Gasteiger partial charge >= 0.3 is 0 Å². The summed E-state index contributed by atoms with van der Waals surface area (Å²) in [5.74, 6) is 0.0252. The van der Waals surface area contributed by atoms with Crippen LogP contribution in [0.2, 0.25) is 0 Å². The molecule has 5 heteroatoms. The molecule has 2 aromatic heterocycles. The first kappa shape index (κ1) is 13.4. The molecule has 0 aliphatic carbocycles. The summed E-state index contributed by atoms with van der Waals surface area (Å²) in [4.78, 5) is 28.0. The number of hydrogen-bond donors (Lipinski definition) is 0. The first-order valence-corrected chi connectivity index (χ1v) is 7.87. The van der Waals surface area contributed by atoms with Crippen LogP contribution in [0.1, 0.15) is 35.0 Å². The normalized spacial score (nSPS) is 15.2. The van der Waals surface area contributed by atoms with E-state index in [0.29, 0.717) is 17.5 Å². The molecule has 20 heavy (non-hydrogen) atoms. The van der Waals surface area contributed by atoms with Gasteiger partial charge in [-0.05, 0) is 32.8 Å². The van der Waals surface area contributed by atoms with Gasteiger partial charge in [-0.3, -0.25) is 9.59 Å². The van der Waals surface area contributed by atoms with Crippen LogP contribution < -0.4 is 5.56 Å². The van der Waals surface area contributed by atoms with E-state index >= 15 is 0 Å². The highest BCUT2D eigenvalue weighted by atomic mass is 32.1. The standard InChI is InChI=1S/C15H18N2O2S/c1-3-16-9-6-11-13(15(16)19)12(10(2)20-11)14(18)17-7-4-5-8-17/h6,9H,3-5,7-8H2,1-2H3. The van der Waals surface area contributed by atoms with Crippen LogP contribution in [0, 0.1) is 6.92 Å². The number of pyridine rings is 1. The van der Waals surface area contributed by atoms with Gasteiger partial charge < -0.3 is 9.47 Å². The van der Waals surface area contributed by atoms with Gasteiger partial charge in [0.15, 0.2) is 0 Å². The van der Waals surface area contributed by atoms with Crippen molar-refractivity contribution in [3.8, 4) is 0 Å². The van der Waals surface area contributed by atoms with Gasteiger partial charge in [-0.15, -0.1) is 11.3 Å². The van der Waals surface area contributed by atoms with Crippen molar-refractivity contribution < 1.29 is 4.79 Å².